The van der Waals surface area contributed by atoms with Crippen molar-refractivity contribution in [3.05, 3.63) is 17.9 Å². The van der Waals surface area contributed by atoms with Gasteiger partial charge in [0.1, 0.15) is 0 Å². The van der Waals surface area contributed by atoms with Crippen LogP contribution in [0.1, 0.15) is 40.5 Å². The van der Waals surface area contributed by atoms with Crippen LogP contribution in [0, 0.1) is 11.7 Å². The Labute approximate surface area is 115 Å². The van der Waals surface area contributed by atoms with Crippen LogP contribution in [0.4, 0.5) is 15.8 Å². The maximum Gasteiger partial charge on any atom is 0.167 e. The molecule has 0 heterocycles. The predicted molar refractivity (Wildman–Crippen MR) is 79.1 cm³/mol. The van der Waals surface area contributed by atoms with E-state index < -0.39 is 5.82 Å². The van der Waals surface area contributed by atoms with Crippen molar-refractivity contribution in [2.75, 3.05) is 17.7 Å². The molecule has 19 heavy (non-hydrogen) atoms. The van der Waals surface area contributed by atoms with Crippen LogP contribution in [-0.4, -0.2) is 12.6 Å². The summed E-state index contributed by atoms with van der Waals surface area (Å²) in [7, 11) is 0. The molecule has 0 bridgehead atoms. The zero-order valence-electron chi connectivity index (χ0n) is 12.3. The van der Waals surface area contributed by atoms with Crippen LogP contribution in [-0.2, 0) is 0 Å². The highest BCUT2D eigenvalue weighted by Gasteiger charge is 2.12. The highest BCUT2D eigenvalue weighted by Crippen LogP contribution is 2.29. The van der Waals surface area contributed by atoms with Gasteiger partial charge in [0.05, 0.1) is 18.0 Å². The minimum absolute atomic E-state index is 0.245. The van der Waals surface area contributed by atoms with E-state index in [0.717, 1.165) is 18.5 Å². The van der Waals surface area contributed by atoms with Crippen molar-refractivity contribution in [1.82, 2.24) is 0 Å². The summed E-state index contributed by atoms with van der Waals surface area (Å²) < 4.78 is 18.8. The first-order valence-corrected chi connectivity index (χ1v) is 6.96. The third kappa shape index (κ3) is 4.62. The molecular formula is C15H25FN2O. The molecule has 4 heteroatoms. The second-order valence-corrected chi connectivity index (χ2v) is 5.10. The largest absolute Gasteiger partial charge is 0.491 e. The summed E-state index contributed by atoms with van der Waals surface area (Å²) in [4.78, 5) is 0. The average Bonchev–Trinajstić information content (AvgIpc) is 2.35. The molecule has 3 N–H and O–H groups in total. The highest BCUT2D eigenvalue weighted by atomic mass is 19.1. The lowest BCUT2D eigenvalue weighted by Gasteiger charge is -2.20. The number of benzene rings is 1. The fourth-order valence-corrected chi connectivity index (χ4v) is 2.05. The van der Waals surface area contributed by atoms with Gasteiger partial charge >= 0.3 is 0 Å². The molecule has 1 aromatic rings. The van der Waals surface area contributed by atoms with Crippen molar-refractivity contribution in [1.29, 1.82) is 0 Å². The quantitative estimate of drug-likeness (QED) is 0.734. The van der Waals surface area contributed by atoms with Crippen molar-refractivity contribution in [3.63, 3.8) is 0 Å². The van der Waals surface area contributed by atoms with Gasteiger partial charge in [0.15, 0.2) is 11.6 Å². The van der Waals surface area contributed by atoms with E-state index in [1.54, 1.807) is 6.07 Å². The molecule has 0 aromatic heterocycles. The molecule has 0 fully saturated rings. The Morgan fingerprint density at radius 1 is 1.32 bits per heavy atom. The molecule has 1 aromatic carbocycles. The van der Waals surface area contributed by atoms with Crippen molar-refractivity contribution in [2.45, 2.75) is 46.6 Å². The number of halogens is 1. The number of hydrogen-bond acceptors (Lipinski definition) is 3. The number of anilines is 2. The zero-order valence-corrected chi connectivity index (χ0v) is 12.3. The van der Waals surface area contributed by atoms with E-state index >= 15 is 0 Å². The predicted octanol–water partition coefficient (Wildman–Crippen LogP) is 4.04. The maximum absolute atomic E-state index is 13.6. The summed E-state index contributed by atoms with van der Waals surface area (Å²) in [6.07, 6.45) is 2.20. The molecule has 2 atom stereocenters. The Kier molecular flexibility index (Phi) is 5.93. The SMILES string of the molecule is CCOc1cc(NC(C)CC(C)CC)c(N)cc1F. The summed E-state index contributed by atoms with van der Waals surface area (Å²) in [5, 5.41) is 3.33. The molecule has 2 unspecified atom stereocenters. The van der Waals surface area contributed by atoms with Gasteiger partial charge in [0.2, 0.25) is 0 Å². The molecule has 0 aliphatic carbocycles. The second kappa shape index (κ2) is 7.22. The Morgan fingerprint density at radius 3 is 2.58 bits per heavy atom. The number of nitrogens with one attached hydrogen (secondary N) is 1. The Balaban J connectivity index is 2.79. The van der Waals surface area contributed by atoms with Crippen LogP contribution in [0.5, 0.6) is 5.75 Å². The summed E-state index contributed by atoms with van der Waals surface area (Å²) in [5.74, 6) is 0.477. The highest BCUT2D eigenvalue weighted by molar-refractivity contribution is 5.68. The molecule has 0 aliphatic heterocycles. The average molecular weight is 268 g/mol. The molecule has 108 valence electrons. The molecule has 1 rings (SSSR count). The van der Waals surface area contributed by atoms with Gasteiger partial charge in [-0.05, 0) is 26.2 Å². The van der Waals surface area contributed by atoms with E-state index in [4.69, 9.17) is 10.5 Å². The van der Waals surface area contributed by atoms with Crippen LogP contribution in [0.25, 0.3) is 0 Å². The lowest BCUT2D eigenvalue weighted by Crippen LogP contribution is -2.19. The molecule has 0 saturated heterocycles. The summed E-state index contributed by atoms with van der Waals surface area (Å²) >= 11 is 0. The smallest absolute Gasteiger partial charge is 0.167 e. The second-order valence-electron chi connectivity index (χ2n) is 5.10. The molecular weight excluding hydrogens is 243 g/mol. The van der Waals surface area contributed by atoms with E-state index in [1.165, 1.54) is 6.07 Å². The number of ether oxygens (including phenoxy) is 1. The van der Waals surface area contributed by atoms with Crippen LogP contribution < -0.4 is 15.8 Å². The minimum atomic E-state index is -0.417. The van der Waals surface area contributed by atoms with Gasteiger partial charge in [-0.25, -0.2) is 4.39 Å². The fourth-order valence-electron chi connectivity index (χ4n) is 2.05. The molecule has 0 amide bonds. The van der Waals surface area contributed by atoms with Gasteiger partial charge in [-0.1, -0.05) is 20.3 Å². The number of nitrogens with two attached hydrogens (primary N) is 1. The first kappa shape index (κ1) is 15.6. The summed E-state index contributed by atoms with van der Waals surface area (Å²) in [6, 6.07) is 3.24. The molecule has 0 aliphatic rings. The van der Waals surface area contributed by atoms with E-state index in [-0.39, 0.29) is 11.8 Å². The minimum Gasteiger partial charge on any atom is -0.491 e. The van der Waals surface area contributed by atoms with Gasteiger partial charge in [-0.15, -0.1) is 0 Å². The standard InChI is InChI=1S/C15H25FN2O/c1-5-10(3)7-11(4)18-14-9-15(19-6-2)12(16)8-13(14)17/h8-11,18H,5-7,17H2,1-4H3. The molecule has 0 spiro atoms. The van der Waals surface area contributed by atoms with E-state index in [0.29, 0.717) is 18.2 Å². The molecule has 0 radical (unpaired) electrons. The van der Waals surface area contributed by atoms with Gasteiger partial charge in [-0.2, -0.15) is 0 Å². The third-order valence-electron chi connectivity index (χ3n) is 3.26. The normalized spacial score (nSPS) is 13.9. The Morgan fingerprint density at radius 2 is 2.00 bits per heavy atom. The maximum atomic E-state index is 13.6. The zero-order chi connectivity index (χ0) is 14.4. The topological polar surface area (TPSA) is 47.3 Å². The van der Waals surface area contributed by atoms with Gasteiger partial charge in [0.25, 0.3) is 0 Å². The number of rotatable bonds is 7. The van der Waals surface area contributed by atoms with Crippen LogP contribution >= 0.6 is 0 Å². The number of nitrogen functional groups attached to an aromatic ring is 1. The van der Waals surface area contributed by atoms with Gasteiger partial charge < -0.3 is 15.8 Å². The van der Waals surface area contributed by atoms with Crippen molar-refractivity contribution in [3.8, 4) is 5.75 Å². The van der Waals surface area contributed by atoms with Crippen molar-refractivity contribution in [2.24, 2.45) is 5.92 Å². The monoisotopic (exact) mass is 268 g/mol. The fraction of sp³-hybridized carbons (Fsp3) is 0.600. The first-order valence-electron chi connectivity index (χ1n) is 6.96. The van der Waals surface area contributed by atoms with Gasteiger partial charge in [0, 0.05) is 18.2 Å². The van der Waals surface area contributed by atoms with Crippen molar-refractivity contribution >= 4 is 11.4 Å². The van der Waals surface area contributed by atoms with Gasteiger partial charge in [-0.3, -0.25) is 0 Å². The lowest BCUT2D eigenvalue weighted by atomic mass is 10.00. The Hall–Kier alpha value is -1.45. The first-order chi connectivity index (χ1) is 8.97. The Bertz CT molecular complexity index is 409. The van der Waals surface area contributed by atoms with Crippen LogP contribution in [0.15, 0.2) is 12.1 Å². The lowest BCUT2D eigenvalue weighted by molar-refractivity contribution is 0.322. The van der Waals surface area contributed by atoms with Crippen molar-refractivity contribution < 1.29 is 9.13 Å². The summed E-state index contributed by atoms with van der Waals surface area (Å²) in [5.41, 5.74) is 6.99. The number of hydrogen-bond donors (Lipinski definition) is 2. The van der Waals surface area contributed by atoms with E-state index in [2.05, 4.69) is 26.1 Å². The van der Waals surface area contributed by atoms with E-state index in [1.807, 2.05) is 6.92 Å². The summed E-state index contributed by atoms with van der Waals surface area (Å²) in [6.45, 7) is 8.76. The van der Waals surface area contributed by atoms with Crippen LogP contribution in [0.2, 0.25) is 0 Å². The van der Waals surface area contributed by atoms with Crippen LogP contribution in [0.3, 0.4) is 0 Å². The molecule has 3 nitrogen and oxygen atoms in total. The molecule has 0 saturated carbocycles. The van der Waals surface area contributed by atoms with E-state index in [9.17, 15) is 4.39 Å². The third-order valence-corrected chi connectivity index (χ3v) is 3.26.